The molecular formula is C30H26N4O2. The molecule has 0 atom stereocenters. The normalized spacial score (nSPS) is 11.6. The molecule has 3 heterocycles. The van der Waals surface area contributed by atoms with Gasteiger partial charge in [-0.1, -0.05) is 86.6 Å². The second-order valence-electron chi connectivity index (χ2n) is 9.24. The van der Waals surface area contributed by atoms with Gasteiger partial charge in [0.1, 0.15) is 24.4 Å². The maximum Gasteiger partial charge on any atom is 0.232 e. The molecule has 3 aromatic carbocycles. The molecule has 0 N–H and O–H groups in total. The first-order valence-electron chi connectivity index (χ1n) is 12.1. The average Bonchev–Trinajstić information content (AvgIpc) is 3.49. The quantitative estimate of drug-likeness (QED) is 0.255. The van der Waals surface area contributed by atoms with Gasteiger partial charge in [-0.3, -0.25) is 0 Å². The predicted molar refractivity (Wildman–Crippen MR) is 141 cm³/mol. The summed E-state index contributed by atoms with van der Waals surface area (Å²) in [4.78, 5) is 9.45. The number of hydrogen-bond donors (Lipinski definition) is 0. The molecule has 0 amide bonds. The van der Waals surface area contributed by atoms with Gasteiger partial charge in [-0.25, -0.2) is 14.5 Å². The van der Waals surface area contributed by atoms with Crippen LogP contribution in [-0.2, 0) is 6.61 Å². The van der Waals surface area contributed by atoms with Crippen molar-refractivity contribution in [2.24, 2.45) is 0 Å². The van der Waals surface area contributed by atoms with E-state index in [0.29, 0.717) is 23.1 Å². The first-order valence-corrected chi connectivity index (χ1v) is 12.1. The Morgan fingerprint density at radius 3 is 2.36 bits per heavy atom. The molecule has 178 valence electrons. The lowest BCUT2D eigenvalue weighted by Gasteiger charge is -2.13. The van der Waals surface area contributed by atoms with Crippen molar-refractivity contribution in [2.75, 3.05) is 0 Å². The SMILES string of the molecule is Cc1ccc(C(C)C)c(OCc2nc3c4c(-c5ccccc5)c(-c5ccccc5)oc4ncn3n2)c1. The molecule has 0 aliphatic heterocycles. The zero-order valence-electron chi connectivity index (χ0n) is 20.5. The van der Waals surface area contributed by atoms with E-state index >= 15 is 0 Å². The Morgan fingerprint density at radius 2 is 1.64 bits per heavy atom. The van der Waals surface area contributed by atoms with Crippen molar-refractivity contribution in [1.29, 1.82) is 0 Å². The van der Waals surface area contributed by atoms with Gasteiger partial charge in [-0.05, 0) is 35.6 Å². The Bertz CT molecular complexity index is 1670. The highest BCUT2D eigenvalue weighted by atomic mass is 16.5. The largest absolute Gasteiger partial charge is 0.485 e. The highest BCUT2D eigenvalue weighted by Crippen LogP contribution is 2.41. The van der Waals surface area contributed by atoms with Gasteiger partial charge in [0, 0.05) is 11.1 Å². The highest BCUT2D eigenvalue weighted by molar-refractivity contribution is 6.07. The van der Waals surface area contributed by atoms with Crippen LogP contribution in [0.25, 0.3) is 39.2 Å². The summed E-state index contributed by atoms with van der Waals surface area (Å²) in [6.07, 6.45) is 1.65. The average molecular weight is 475 g/mol. The van der Waals surface area contributed by atoms with Crippen molar-refractivity contribution in [3.05, 3.63) is 102 Å². The van der Waals surface area contributed by atoms with Crippen molar-refractivity contribution in [2.45, 2.75) is 33.3 Å². The minimum atomic E-state index is 0.260. The van der Waals surface area contributed by atoms with Crippen LogP contribution < -0.4 is 4.74 Å². The Morgan fingerprint density at radius 1 is 0.917 bits per heavy atom. The van der Waals surface area contributed by atoms with Crippen molar-refractivity contribution in [3.8, 4) is 28.2 Å². The van der Waals surface area contributed by atoms with E-state index in [1.54, 1.807) is 10.8 Å². The predicted octanol–water partition coefficient (Wildman–Crippen LogP) is 7.22. The van der Waals surface area contributed by atoms with E-state index in [2.05, 4.69) is 61.2 Å². The summed E-state index contributed by atoms with van der Waals surface area (Å²) < 4.78 is 14.2. The third-order valence-electron chi connectivity index (χ3n) is 6.32. The van der Waals surface area contributed by atoms with Gasteiger partial charge >= 0.3 is 0 Å². The van der Waals surface area contributed by atoms with E-state index < -0.39 is 0 Å². The maximum atomic E-state index is 6.32. The summed E-state index contributed by atoms with van der Waals surface area (Å²) in [6, 6.07) is 26.6. The molecule has 0 saturated carbocycles. The molecule has 0 radical (unpaired) electrons. The minimum absolute atomic E-state index is 0.260. The van der Waals surface area contributed by atoms with Crippen LogP contribution in [0.15, 0.2) is 89.6 Å². The van der Waals surface area contributed by atoms with Crippen molar-refractivity contribution >= 4 is 16.7 Å². The van der Waals surface area contributed by atoms with E-state index in [1.165, 1.54) is 5.56 Å². The third-order valence-corrected chi connectivity index (χ3v) is 6.32. The summed E-state index contributed by atoms with van der Waals surface area (Å²) in [5, 5.41) is 5.50. The number of ether oxygens (including phenoxy) is 1. The van der Waals surface area contributed by atoms with E-state index in [9.17, 15) is 0 Å². The topological polar surface area (TPSA) is 65.5 Å². The second kappa shape index (κ2) is 8.96. The van der Waals surface area contributed by atoms with Crippen molar-refractivity contribution < 1.29 is 9.15 Å². The summed E-state index contributed by atoms with van der Waals surface area (Å²) in [5.41, 5.74) is 6.52. The minimum Gasteiger partial charge on any atom is -0.485 e. The Hall–Kier alpha value is -4.45. The molecule has 0 fully saturated rings. The monoisotopic (exact) mass is 474 g/mol. The third kappa shape index (κ3) is 3.90. The number of furan rings is 1. The van der Waals surface area contributed by atoms with Crippen LogP contribution in [0, 0.1) is 6.92 Å². The summed E-state index contributed by atoms with van der Waals surface area (Å²) >= 11 is 0. The zero-order chi connectivity index (χ0) is 24.6. The van der Waals surface area contributed by atoms with Crippen molar-refractivity contribution in [1.82, 2.24) is 19.6 Å². The standard InChI is InChI=1S/C30H26N4O2/c1-19(2)23-15-14-20(3)16-24(23)35-17-25-32-29-27-26(21-10-6-4-7-11-21)28(22-12-8-5-9-13-22)36-30(27)31-18-34(29)33-25/h4-16,18-19H,17H2,1-3H3. The van der Waals surface area contributed by atoms with Crippen LogP contribution in [0.1, 0.15) is 36.7 Å². The van der Waals surface area contributed by atoms with Gasteiger partial charge in [0.25, 0.3) is 0 Å². The van der Waals surface area contributed by atoms with Crippen molar-refractivity contribution in [3.63, 3.8) is 0 Å². The molecule has 0 aliphatic rings. The fourth-order valence-corrected chi connectivity index (χ4v) is 4.56. The fraction of sp³-hybridized carbons (Fsp3) is 0.167. The summed E-state index contributed by atoms with van der Waals surface area (Å²) in [5.74, 6) is 2.57. The van der Waals surface area contributed by atoms with Crippen LogP contribution in [0.4, 0.5) is 0 Å². The number of aromatic nitrogens is 4. The van der Waals surface area contributed by atoms with Crippen LogP contribution in [0.5, 0.6) is 5.75 Å². The molecule has 0 unspecified atom stereocenters. The molecule has 3 aromatic heterocycles. The van der Waals surface area contributed by atoms with Gasteiger partial charge in [-0.15, -0.1) is 5.10 Å². The lowest BCUT2D eigenvalue weighted by molar-refractivity contribution is 0.291. The summed E-state index contributed by atoms with van der Waals surface area (Å²) in [7, 11) is 0. The Labute approximate surface area is 209 Å². The van der Waals surface area contributed by atoms with Gasteiger partial charge in [0.15, 0.2) is 11.5 Å². The van der Waals surface area contributed by atoms with E-state index in [4.69, 9.17) is 14.1 Å². The van der Waals surface area contributed by atoms with Gasteiger partial charge in [0.2, 0.25) is 5.71 Å². The number of aryl methyl sites for hydroxylation is 1. The number of rotatable bonds is 6. The van der Waals surface area contributed by atoms with E-state index in [1.807, 2.05) is 48.5 Å². The van der Waals surface area contributed by atoms with E-state index in [0.717, 1.165) is 39.1 Å². The fourth-order valence-electron chi connectivity index (χ4n) is 4.56. The number of hydrogen-bond acceptors (Lipinski definition) is 5. The second-order valence-corrected chi connectivity index (χ2v) is 9.24. The molecule has 36 heavy (non-hydrogen) atoms. The van der Waals surface area contributed by atoms with Gasteiger partial charge in [-0.2, -0.15) is 0 Å². The van der Waals surface area contributed by atoms with Crippen LogP contribution in [-0.4, -0.2) is 19.6 Å². The smallest absolute Gasteiger partial charge is 0.232 e. The van der Waals surface area contributed by atoms with E-state index in [-0.39, 0.29) is 6.61 Å². The number of fused-ring (bicyclic) bond motifs is 3. The van der Waals surface area contributed by atoms with Crippen LogP contribution in [0.3, 0.4) is 0 Å². The molecule has 6 heteroatoms. The first kappa shape index (κ1) is 22.0. The maximum absolute atomic E-state index is 6.32. The Balaban J connectivity index is 1.47. The highest BCUT2D eigenvalue weighted by Gasteiger charge is 2.23. The lowest BCUT2D eigenvalue weighted by Crippen LogP contribution is -2.02. The first-order chi connectivity index (χ1) is 17.6. The Kier molecular flexibility index (Phi) is 5.49. The summed E-state index contributed by atoms with van der Waals surface area (Å²) in [6.45, 7) is 6.65. The molecule has 0 aliphatic carbocycles. The zero-order valence-corrected chi connectivity index (χ0v) is 20.5. The van der Waals surface area contributed by atoms with Gasteiger partial charge < -0.3 is 9.15 Å². The van der Waals surface area contributed by atoms with Gasteiger partial charge in [0.05, 0.1) is 5.39 Å². The lowest BCUT2D eigenvalue weighted by atomic mass is 9.99. The van der Waals surface area contributed by atoms with Crippen LogP contribution >= 0.6 is 0 Å². The molecule has 6 aromatic rings. The molecule has 6 nitrogen and oxygen atoms in total. The molecule has 0 bridgehead atoms. The molecule has 0 spiro atoms. The number of benzene rings is 3. The van der Waals surface area contributed by atoms with Crippen LogP contribution in [0.2, 0.25) is 0 Å². The molecular weight excluding hydrogens is 448 g/mol. The molecule has 0 saturated heterocycles. The molecule has 6 rings (SSSR count). The number of nitrogens with zero attached hydrogens (tertiary/aromatic N) is 4.